The molecule has 2 aliphatic heterocycles. The van der Waals surface area contributed by atoms with Crippen molar-refractivity contribution in [1.29, 1.82) is 0 Å². The summed E-state index contributed by atoms with van der Waals surface area (Å²) in [6.45, 7) is 1.40. The molecule has 7 nitrogen and oxygen atoms in total. The molecule has 0 atom stereocenters. The van der Waals surface area contributed by atoms with Gasteiger partial charge in [-0.3, -0.25) is 0 Å². The topological polar surface area (TPSA) is 68.3 Å². The normalized spacial score (nSPS) is 17.7. The summed E-state index contributed by atoms with van der Waals surface area (Å²) in [6.07, 6.45) is 0.626. The third-order valence-electron chi connectivity index (χ3n) is 4.05. The molecule has 0 N–H and O–H groups in total. The summed E-state index contributed by atoms with van der Waals surface area (Å²) in [5.74, 6) is 1.23. The van der Waals surface area contributed by atoms with Crippen LogP contribution < -0.4 is 14.2 Å². The lowest BCUT2D eigenvalue weighted by molar-refractivity contribution is 0.169. The Labute approximate surface area is 130 Å². The fraction of sp³-hybridized carbons (Fsp3) is 0.571. The molecular weight excluding hydrogens is 308 g/mol. The van der Waals surface area contributed by atoms with Crippen molar-refractivity contribution in [3.63, 3.8) is 0 Å². The molecule has 0 spiro atoms. The van der Waals surface area contributed by atoms with Crippen LogP contribution in [0.1, 0.15) is 11.1 Å². The van der Waals surface area contributed by atoms with E-state index in [1.165, 1.54) is 18.4 Å². The lowest BCUT2D eigenvalue weighted by atomic mass is 9.97. The molecule has 0 saturated carbocycles. The quantitative estimate of drug-likeness (QED) is 0.812. The molecule has 3 rings (SSSR count). The van der Waals surface area contributed by atoms with E-state index in [2.05, 4.69) is 4.90 Å². The van der Waals surface area contributed by atoms with Crippen molar-refractivity contribution in [3.05, 3.63) is 11.1 Å². The Morgan fingerprint density at radius 1 is 1.18 bits per heavy atom. The first-order valence-corrected chi connectivity index (χ1v) is 8.44. The summed E-state index contributed by atoms with van der Waals surface area (Å²) in [5.41, 5.74) is 1.63. The summed E-state index contributed by atoms with van der Waals surface area (Å²) in [5, 5.41) is 0. The number of likely N-dealkylation sites (N-methyl/N-ethyl adjacent to an activating group) is 1. The second-order valence-corrected chi connectivity index (χ2v) is 7.75. The maximum absolute atomic E-state index is 12.8. The highest BCUT2D eigenvalue weighted by Crippen LogP contribution is 2.51. The maximum atomic E-state index is 12.8. The number of rotatable bonds is 3. The highest BCUT2D eigenvalue weighted by Gasteiger charge is 2.38. The fourth-order valence-electron chi connectivity index (χ4n) is 2.92. The van der Waals surface area contributed by atoms with Gasteiger partial charge in [-0.15, -0.1) is 0 Å². The van der Waals surface area contributed by atoms with Crippen LogP contribution in [0.15, 0.2) is 4.90 Å². The first-order chi connectivity index (χ1) is 10.4. The third kappa shape index (κ3) is 2.13. The van der Waals surface area contributed by atoms with Crippen LogP contribution in [0.2, 0.25) is 0 Å². The number of benzene rings is 1. The van der Waals surface area contributed by atoms with E-state index in [0.717, 1.165) is 17.7 Å². The lowest BCUT2D eigenvalue weighted by Crippen LogP contribution is -2.31. The average molecular weight is 328 g/mol. The predicted molar refractivity (Wildman–Crippen MR) is 80.0 cm³/mol. The van der Waals surface area contributed by atoms with Gasteiger partial charge in [0.15, 0.2) is 11.5 Å². The molecule has 1 aromatic rings. The zero-order chi connectivity index (χ0) is 16.1. The number of nitrogens with zero attached hydrogens (tertiary/aromatic N) is 2. The summed E-state index contributed by atoms with van der Waals surface area (Å²) in [4.78, 5) is 2.34. The van der Waals surface area contributed by atoms with Crippen LogP contribution in [-0.2, 0) is 23.0 Å². The second-order valence-electron chi connectivity index (χ2n) is 5.66. The summed E-state index contributed by atoms with van der Waals surface area (Å²) >= 11 is 0. The number of fused-ring (bicyclic) bond motifs is 2. The molecule has 22 heavy (non-hydrogen) atoms. The molecule has 122 valence electrons. The Morgan fingerprint density at radius 3 is 2.50 bits per heavy atom. The van der Waals surface area contributed by atoms with Crippen LogP contribution in [0.5, 0.6) is 17.2 Å². The van der Waals surface area contributed by atoms with E-state index in [0.29, 0.717) is 24.5 Å². The fourth-order valence-corrected chi connectivity index (χ4v) is 4.21. The van der Waals surface area contributed by atoms with Crippen molar-refractivity contribution in [3.8, 4) is 17.2 Å². The van der Waals surface area contributed by atoms with E-state index in [9.17, 15) is 8.42 Å². The standard InChI is InChI=1S/C14H20N2O5S/c1-15(2)22(17,18)14-9-5-6-16(3)7-10(9)11(19-4)12-13(14)21-8-20-12/h5-8H2,1-4H3. The molecule has 8 heteroatoms. The van der Waals surface area contributed by atoms with E-state index in [-0.39, 0.29) is 17.4 Å². The smallest absolute Gasteiger partial charge is 0.246 e. The first-order valence-electron chi connectivity index (χ1n) is 7.00. The number of hydrogen-bond donors (Lipinski definition) is 0. The largest absolute Gasteiger partial charge is 0.492 e. The van der Waals surface area contributed by atoms with Gasteiger partial charge in [-0.25, -0.2) is 12.7 Å². The third-order valence-corrected chi connectivity index (χ3v) is 5.96. The van der Waals surface area contributed by atoms with Crippen LogP contribution in [0, 0.1) is 0 Å². The molecule has 0 amide bonds. The molecule has 0 bridgehead atoms. The van der Waals surface area contributed by atoms with Crippen LogP contribution in [0.25, 0.3) is 0 Å². The van der Waals surface area contributed by atoms with Crippen molar-refractivity contribution in [1.82, 2.24) is 9.21 Å². The van der Waals surface area contributed by atoms with Crippen LogP contribution in [-0.4, -0.2) is 59.2 Å². The van der Waals surface area contributed by atoms with Gasteiger partial charge < -0.3 is 19.1 Å². The van der Waals surface area contributed by atoms with Gasteiger partial charge in [-0.05, 0) is 19.0 Å². The van der Waals surface area contributed by atoms with E-state index in [1.807, 2.05) is 7.05 Å². The molecule has 2 aliphatic rings. The molecule has 0 unspecified atom stereocenters. The van der Waals surface area contributed by atoms with Crippen LogP contribution in [0.3, 0.4) is 0 Å². The van der Waals surface area contributed by atoms with Gasteiger partial charge in [0.25, 0.3) is 0 Å². The van der Waals surface area contributed by atoms with Gasteiger partial charge in [-0.1, -0.05) is 0 Å². The van der Waals surface area contributed by atoms with Crippen molar-refractivity contribution < 1.29 is 22.6 Å². The number of hydrogen-bond acceptors (Lipinski definition) is 6. The summed E-state index contributed by atoms with van der Waals surface area (Å²) in [7, 11) is 2.96. The van der Waals surface area contributed by atoms with Gasteiger partial charge in [-0.2, -0.15) is 0 Å². The Kier molecular flexibility index (Phi) is 3.70. The Hall–Kier alpha value is -1.51. The average Bonchev–Trinajstić information content (AvgIpc) is 2.92. The lowest BCUT2D eigenvalue weighted by Gasteiger charge is -2.29. The Bertz CT molecular complexity index is 715. The molecule has 1 aromatic carbocycles. The minimum Gasteiger partial charge on any atom is -0.492 e. The molecule has 0 aromatic heterocycles. The van der Waals surface area contributed by atoms with E-state index >= 15 is 0 Å². The zero-order valence-electron chi connectivity index (χ0n) is 13.2. The van der Waals surface area contributed by atoms with Crippen molar-refractivity contribution in [2.45, 2.75) is 17.9 Å². The molecule has 0 saturated heterocycles. The SMILES string of the molecule is COc1c2c(c(S(=O)(=O)N(C)C)c3c1OCO3)CCN(C)C2. The zero-order valence-corrected chi connectivity index (χ0v) is 14.0. The van der Waals surface area contributed by atoms with Gasteiger partial charge in [0, 0.05) is 32.7 Å². The van der Waals surface area contributed by atoms with Gasteiger partial charge >= 0.3 is 0 Å². The van der Waals surface area contributed by atoms with Gasteiger partial charge in [0.05, 0.1) is 7.11 Å². The van der Waals surface area contributed by atoms with Crippen molar-refractivity contribution in [2.24, 2.45) is 0 Å². The molecule has 0 radical (unpaired) electrons. The maximum Gasteiger partial charge on any atom is 0.246 e. The highest BCUT2D eigenvalue weighted by atomic mass is 32.2. The van der Waals surface area contributed by atoms with E-state index in [4.69, 9.17) is 14.2 Å². The van der Waals surface area contributed by atoms with Crippen LogP contribution >= 0.6 is 0 Å². The Balaban J connectivity index is 2.36. The molecule has 0 aliphatic carbocycles. The second kappa shape index (κ2) is 5.29. The minimum absolute atomic E-state index is 0.000372. The summed E-state index contributed by atoms with van der Waals surface area (Å²) < 4.78 is 43.2. The van der Waals surface area contributed by atoms with E-state index < -0.39 is 10.0 Å². The van der Waals surface area contributed by atoms with Crippen molar-refractivity contribution >= 4 is 10.0 Å². The Morgan fingerprint density at radius 2 is 1.86 bits per heavy atom. The van der Waals surface area contributed by atoms with Gasteiger partial charge in [0.1, 0.15) is 4.90 Å². The monoisotopic (exact) mass is 328 g/mol. The van der Waals surface area contributed by atoms with E-state index in [1.54, 1.807) is 7.11 Å². The summed E-state index contributed by atoms with van der Waals surface area (Å²) in [6, 6.07) is 0. The predicted octanol–water partition coefficient (Wildman–Crippen LogP) is 0.662. The highest BCUT2D eigenvalue weighted by molar-refractivity contribution is 7.89. The molecule has 2 heterocycles. The number of ether oxygens (including phenoxy) is 3. The van der Waals surface area contributed by atoms with Crippen molar-refractivity contribution in [2.75, 3.05) is 41.6 Å². The van der Waals surface area contributed by atoms with Gasteiger partial charge in [0.2, 0.25) is 22.6 Å². The molecule has 0 fully saturated rings. The number of methoxy groups -OCH3 is 1. The van der Waals surface area contributed by atoms with Crippen LogP contribution in [0.4, 0.5) is 0 Å². The minimum atomic E-state index is -3.63. The number of sulfonamides is 1. The molecular formula is C14H20N2O5S. The first kappa shape index (κ1) is 15.4.